The highest BCUT2D eigenvalue weighted by Crippen LogP contribution is 2.31. The van der Waals surface area contributed by atoms with Crippen molar-refractivity contribution in [3.05, 3.63) is 11.6 Å². The van der Waals surface area contributed by atoms with Crippen LogP contribution in [0.2, 0.25) is 0 Å². The summed E-state index contributed by atoms with van der Waals surface area (Å²) in [6.07, 6.45) is 3.99. The van der Waals surface area contributed by atoms with Crippen molar-refractivity contribution < 1.29 is 0 Å². The monoisotopic (exact) mass is 179 g/mol. The lowest BCUT2D eigenvalue weighted by molar-refractivity contribution is 0.287. The first-order valence-corrected chi connectivity index (χ1v) is 4.96. The van der Waals surface area contributed by atoms with Gasteiger partial charge in [-0.2, -0.15) is 5.26 Å². The van der Waals surface area contributed by atoms with Gasteiger partial charge in [-0.15, -0.1) is 0 Å². The predicted octanol–water partition coefficient (Wildman–Crippen LogP) is 3.92. The summed E-state index contributed by atoms with van der Waals surface area (Å²) in [6, 6.07) is 2.24. The van der Waals surface area contributed by atoms with Crippen LogP contribution < -0.4 is 0 Å². The zero-order valence-electron chi connectivity index (χ0n) is 9.52. The Kier molecular flexibility index (Phi) is 4.77. The Morgan fingerprint density at radius 1 is 1.46 bits per heavy atom. The van der Waals surface area contributed by atoms with E-state index in [2.05, 4.69) is 33.8 Å². The van der Waals surface area contributed by atoms with Gasteiger partial charge < -0.3 is 0 Å². The molecule has 0 bridgehead atoms. The van der Waals surface area contributed by atoms with Crippen LogP contribution in [0.4, 0.5) is 0 Å². The van der Waals surface area contributed by atoms with Crippen LogP contribution in [0.3, 0.4) is 0 Å². The molecule has 0 aromatic carbocycles. The van der Waals surface area contributed by atoms with Crippen LogP contribution >= 0.6 is 0 Å². The summed E-state index contributed by atoms with van der Waals surface area (Å²) in [5.74, 6) is 0.701. The molecule has 0 amide bonds. The molecule has 0 aromatic rings. The molecule has 0 N–H and O–H groups in total. The van der Waals surface area contributed by atoms with E-state index in [1.807, 2.05) is 13.0 Å². The Bertz CT molecular complexity index is 216. The summed E-state index contributed by atoms with van der Waals surface area (Å²) in [6.45, 7) is 10.8. The lowest BCUT2D eigenvalue weighted by Crippen LogP contribution is -2.15. The average Bonchev–Trinajstić information content (AvgIpc) is 1.97. The van der Waals surface area contributed by atoms with E-state index >= 15 is 0 Å². The maximum absolute atomic E-state index is 8.81. The lowest BCUT2D eigenvalue weighted by atomic mass is 9.79. The van der Waals surface area contributed by atoms with E-state index in [0.29, 0.717) is 5.92 Å². The molecule has 0 atom stereocenters. The second kappa shape index (κ2) is 5.07. The van der Waals surface area contributed by atoms with Crippen LogP contribution in [0.1, 0.15) is 47.5 Å². The van der Waals surface area contributed by atoms with E-state index < -0.39 is 0 Å². The summed E-state index contributed by atoms with van der Waals surface area (Å²) >= 11 is 0. The van der Waals surface area contributed by atoms with Gasteiger partial charge in [0.2, 0.25) is 0 Å². The number of hydrogen-bond donors (Lipinski definition) is 0. The predicted molar refractivity (Wildman–Crippen MR) is 57.2 cm³/mol. The van der Waals surface area contributed by atoms with Gasteiger partial charge in [0.25, 0.3) is 0 Å². The van der Waals surface area contributed by atoms with Gasteiger partial charge >= 0.3 is 0 Å². The van der Waals surface area contributed by atoms with E-state index in [1.54, 1.807) is 0 Å². The minimum absolute atomic E-state index is 0.256. The first kappa shape index (κ1) is 12.2. The van der Waals surface area contributed by atoms with Crippen molar-refractivity contribution in [1.82, 2.24) is 0 Å². The standard InChI is InChI=1S/C12H21N/c1-6-11(9-13)8-12(4,5)7-10(2)3/h6,10H,7-8H2,1-5H3. The molecule has 13 heavy (non-hydrogen) atoms. The van der Waals surface area contributed by atoms with Gasteiger partial charge in [0.05, 0.1) is 6.07 Å². The summed E-state index contributed by atoms with van der Waals surface area (Å²) in [5, 5.41) is 8.81. The van der Waals surface area contributed by atoms with Gasteiger partial charge in [0.15, 0.2) is 0 Å². The molecular formula is C12H21N. The van der Waals surface area contributed by atoms with Crippen LogP contribution in [0, 0.1) is 22.7 Å². The molecule has 0 radical (unpaired) electrons. The average molecular weight is 179 g/mol. The second-order valence-corrected chi connectivity index (χ2v) is 4.86. The summed E-state index contributed by atoms with van der Waals surface area (Å²) in [5.41, 5.74) is 1.16. The largest absolute Gasteiger partial charge is 0.193 e. The molecule has 0 rings (SSSR count). The van der Waals surface area contributed by atoms with Gasteiger partial charge in [0.1, 0.15) is 0 Å². The number of hydrogen-bond acceptors (Lipinski definition) is 1. The van der Waals surface area contributed by atoms with Crippen molar-refractivity contribution in [2.75, 3.05) is 0 Å². The van der Waals surface area contributed by atoms with Crippen molar-refractivity contribution in [2.45, 2.75) is 47.5 Å². The molecule has 0 unspecified atom stereocenters. The Morgan fingerprint density at radius 3 is 2.31 bits per heavy atom. The smallest absolute Gasteiger partial charge is 0.0943 e. The highest BCUT2D eigenvalue weighted by atomic mass is 14.3. The SMILES string of the molecule is CC=C(C#N)CC(C)(C)CC(C)C. The highest BCUT2D eigenvalue weighted by Gasteiger charge is 2.20. The van der Waals surface area contributed by atoms with Crippen LogP contribution in [0.15, 0.2) is 11.6 Å². The second-order valence-electron chi connectivity index (χ2n) is 4.86. The molecule has 0 aliphatic carbocycles. The first-order chi connectivity index (χ1) is 5.91. The zero-order valence-corrected chi connectivity index (χ0v) is 9.52. The molecule has 0 aromatic heterocycles. The van der Waals surface area contributed by atoms with Crippen molar-refractivity contribution >= 4 is 0 Å². The molecule has 1 nitrogen and oxygen atoms in total. The minimum atomic E-state index is 0.256. The molecule has 0 spiro atoms. The molecule has 0 fully saturated rings. The minimum Gasteiger partial charge on any atom is -0.193 e. The summed E-state index contributed by atoms with van der Waals surface area (Å²) in [4.78, 5) is 0. The summed E-state index contributed by atoms with van der Waals surface area (Å²) in [7, 11) is 0. The fraction of sp³-hybridized carbons (Fsp3) is 0.750. The Balaban J connectivity index is 4.25. The number of nitrogens with zero attached hydrogens (tertiary/aromatic N) is 1. The van der Waals surface area contributed by atoms with E-state index in [1.165, 1.54) is 6.42 Å². The molecule has 0 saturated carbocycles. The molecule has 0 aliphatic rings. The number of rotatable bonds is 4. The third-order valence-electron chi connectivity index (χ3n) is 2.12. The van der Waals surface area contributed by atoms with Crippen molar-refractivity contribution in [1.29, 1.82) is 5.26 Å². The highest BCUT2D eigenvalue weighted by molar-refractivity contribution is 5.20. The van der Waals surface area contributed by atoms with E-state index in [9.17, 15) is 0 Å². The van der Waals surface area contributed by atoms with Crippen LogP contribution in [-0.4, -0.2) is 0 Å². The maximum atomic E-state index is 8.81. The molecule has 1 heteroatoms. The Labute approximate surface area is 82.5 Å². The molecule has 0 aliphatic heterocycles. The van der Waals surface area contributed by atoms with Crippen LogP contribution in [-0.2, 0) is 0 Å². The molecule has 0 saturated heterocycles. The fourth-order valence-electron chi connectivity index (χ4n) is 1.90. The quantitative estimate of drug-likeness (QED) is 0.600. The van der Waals surface area contributed by atoms with Crippen molar-refractivity contribution in [3.8, 4) is 6.07 Å². The molecular weight excluding hydrogens is 158 g/mol. The van der Waals surface area contributed by atoms with Gasteiger partial charge in [-0.25, -0.2) is 0 Å². The number of nitriles is 1. The van der Waals surface area contributed by atoms with Crippen LogP contribution in [0.25, 0.3) is 0 Å². The zero-order chi connectivity index (χ0) is 10.5. The van der Waals surface area contributed by atoms with Gasteiger partial charge in [-0.05, 0) is 31.1 Å². The third kappa shape index (κ3) is 5.47. The van der Waals surface area contributed by atoms with Crippen molar-refractivity contribution in [3.63, 3.8) is 0 Å². The van der Waals surface area contributed by atoms with Gasteiger partial charge in [-0.3, -0.25) is 0 Å². The van der Waals surface area contributed by atoms with Gasteiger partial charge in [-0.1, -0.05) is 33.8 Å². The fourth-order valence-corrected chi connectivity index (χ4v) is 1.90. The van der Waals surface area contributed by atoms with E-state index in [0.717, 1.165) is 12.0 Å². The Morgan fingerprint density at radius 2 is 2.00 bits per heavy atom. The third-order valence-corrected chi connectivity index (χ3v) is 2.12. The van der Waals surface area contributed by atoms with E-state index in [4.69, 9.17) is 5.26 Å². The Hall–Kier alpha value is -0.770. The molecule has 0 heterocycles. The number of allylic oxidation sites excluding steroid dienone is 2. The first-order valence-electron chi connectivity index (χ1n) is 4.96. The normalized spacial score (nSPS) is 13.2. The van der Waals surface area contributed by atoms with Gasteiger partial charge in [0, 0.05) is 5.57 Å². The van der Waals surface area contributed by atoms with Crippen molar-refractivity contribution in [2.24, 2.45) is 11.3 Å². The maximum Gasteiger partial charge on any atom is 0.0943 e. The topological polar surface area (TPSA) is 23.8 Å². The molecule has 74 valence electrons. The van der Waals surface area contributed by atoms with E-state index in [-0.39, 0.29) is 5.41 Å². The summed E-state index contributed by atoms with van der Waals surface area (Å²) < 4.78 is 0. The lowest BCUT2D eigenvalue weighted by Gasteiger charge is -2.26. The van der Waals surface area contributed by atoms with Crippen LogP contribution in [0.5, 0.6) is 0 Å².